The Hall–Kier alpha value is -3.54. The Morgan fingerprint density at radius 3 is 2.69 bits per heavy atom. The molecule has 0 saturated carbocycles. The summed E-state index contributed by atoms with van der Waals surface area (Å²) in [6, 6.07) is 16.4. The number of benzene rings is 2. The average molecular weight is 386 g/mol. The average Bonchev–Trinajstić information content (AvgIpc) is 3.25. The first-order valence-electron chi connectivity index (χ1n) is 9.44. The summed E-state index contributed by atoms with van der Waals surface area (Å²) in [6.45, 7) is 1.85. The summed E-state index contributed by atoms with van der Waals surface area (Å²) >= 11 is 0. The summed E-state index contributed by atoms with van der Waals surface area (Å²) in [5.41, 5.74) is 2.15. The van der Waals surface area contributed by atoms with Gasteiger partial charge in [-0.3, -0.25) is 19.2 Å². The van der Waals surface area contributed by atoms with Crippen molar-refractivity contribution in [2.24, 2.45) is 0 Å². The Morgan fingerprint density at radius 1 is 1.03 bits per heavy atom. The molecule has 0 fully saturated rings. The third kappa shape index (κ3) is 2.49. The second kappa shape index (κ2) is 6.24. The number of rotatable bonds is 3. The molecule has 1 amide bonds. The highest BCUT2D eigenvalue weighted by Gasteiger charge is 2.48. The van der Waals surface area contributed by atoms with Crippen molar-refractivity contribution in [2.45, 2.75) is 18.9 Å². The first-order valence-corrected chi connectivity index (χ1v) is 9.44. The van der Waals surface area contributed by atoms with E-state index in [1.165, 1.54) is 6.07 Å². The van der Waals surface area contributed by atoms with Gasteiger partial charge >= 0.3 is 0 Å². The molecule has 0 saturated heterocycles. The van der Waals surface area contributed by atoms with Gasteiger partial charge in [-0.2, -0.15) is 0 Å². The number of carbonyl (C=O) groups excluding carboxylic acids is 1. The van der Waals surface area contributed by atoms with Crippen LogP contribution >= 0.6 is 0 Å². The predicted octanol–water partition coefficient (Wildman–Crippen LogP) is 4.17. The molecule has 1 unspecified atom stereocenters. The number of imidazole rings is 1. The van der Waals surface area contributed by atoms with Crippen molar-refractivity contribution in [2.75, 3.05) is 11.9 Å². The highest BCUT2D eigenvalue weighted by molar-refractivity contribution is 6.03. The molecule has 5 rings (SSSR count). The van der Waals surface area contributed by atoms with Crippen LogP contribution in [0, 0.1) is 5.82 Å². The molecule has 3 heterocycles. The summed E-state index contributed by atoms with van der Waals surface area (Å²) < 4.78 is 16.3. The van der Waals surface area contributed by atoms with Crippen LogP contribution in [0.4, 0.5) is 10.3 Å². The van der Waals surface area contributed by atoms with E-state index in [2.05, 4.69) is 9.97 Å². The minimum atomic E-state index is -0.984. The van der Waals surface area contributed by atoms with Gasteiger partial charge in [0.1, 0.15) is 11.4 Å². The smallest absolute Gasteiger partial charge is 0.255 e. The maximum Gasteiger partial charge on any atom is 0.255 e. The van der Waals surface area contributed by atoms with Crippen molar-refractivity contribution in [3.8, 4) is 11.3 Å². The van der Waals surface area contributed by atoms with Gasteiger partial charge in [-0.15, -0.1) is 0 Å². The summed E-state index contributed by atoms with van der Waals surface area (Å²) in [4.78, 5) is 23.7. The monoisotopic (exact) mass is 386 g/mol. The van der Waals surface area contributed by atoms with E-state index in [9.17, 15) is 9.18 Å². The molecule has 29 heavy (non-hydrogen) atoms. The number of anilines is 1. The zero-order valence-corrected chi connectivity index (χ0v) is 16.1. The van der Waals surface area contributed by atoms with Crippen LogP contribution in [0.1, 0.15) is 12.5 Å². The summed E-state index contributed by atoms with van der Waals surface area (Å²) in [5.74, 6) is 0.141. The van der Waals surface area contributed by atoms with Crippen LogP contribution in [0.25, 0.3) is 22.2 Å². The number of halogens is 1. The van der Waals surface area contributed by atoms with Crippen LogP contribution in [0.15, 0.2) is 67.0 Å². The molecule has 2 aromatic carbocycles. The van der Waals surface area contributed by atoms with Crippen LogP contribution in [-0.4, -0.2) is 27.5 Å². The number of pyridine rings is 1. The predicted molar refractivity (Wildman–Crippen MR) is 110 cm³/mol. The van der Waals surface area contributed by atoms with Crippen LogP contribution < -0.4 is 4.90 Å². The molecule has 1 atom stereocenters. The van der Waals surface area contributed by atoms with Crippen molar-refractivity contribution in [1.82, 2.24) is 14.5 Å². The quantitative estimate of drug-likeness (QED) is 0.531. The molecular formula is C23H19FN4O. The third-order valence-corrected chi connectivity index (χ3v) is 5.72. The van der Waals surface area contributed by atoms with Gasteiger partial charge in [-0.25, -0.2) is 9.37 Å². The van der Waals surface area contributed by atoms with Gasteiger partial charge in [-0.1, -0.05) is 36.4 Å². The highest BCUT2D eigenvalue weighted by Crippen LogP contribution is 2.42. The summed E-state index contributed by atoms with van der Waals surface area (Å²) in [7, 11) is 1.71. The molecule has 2 aromatic heterocycles. The van der Waals surface area contributed by atoms with E-state index in [-0.39, 0.29) is 18.1 Å². The van der Waals surface area contributed by atoms with Crippen LogP contribution in [-0.2, 0) is 16.8 Å². The summed E-state index contributed by atoms with van der Waals surface area (Å²) in [5, 5.41) is 0.980. The van der Waals surface area contributed by atoms with Crippen molar-refractivity contribution < 1.29 is 9.18 Å². The zero-order chi connectivity index (χ0) is 20.2. The number of hydrogen-bond acceptors (Lipinski definition) is 3. The minimum absolute atomic E-state index is 0.108. The Balaban J connectivity index is 1.73. The molecule has 0 aliphatic carbocycles. The van der Waals surface area contributed by atoms with Gasteiger partial charge in [0, 0.05) is 30.6 Å². The van der Waals surface area contributed by atoms with Gasteiger partial charge in [0.15, 0.2) is 0 Å². The fourth-order valence-corrected chi connectivity index (χ4v) is 4.30. The topological polar surface area (TPSA) is 51.0 Å². The lowest BCUT2D eigenvalue weighted by molar-refractivity contribution is -0.124. The molecule has 4 aromatic rings. The lowest BCUT2D eigenvalue weighted by Crippen LogP contribution is -2.41. The van der Waals surface area contributed by atoms with E-state index in [1.807, 2.05) is 41.8 Å². The SMILES string of the molecule is CN1C(=O)C(C)(Cc2ccccc2F)n2c(-c3cccc4ncccc34)cnc21. The largest absolute Gasteiger partial charge is 0.294 e. The Bertz CT molecular complexity index is 1260. The molecular weight excluding hydrogens is 367 g/mol. The number of hydrogen-bond donors (Lipinski definition) is 0. The van der Waals surface area contributed by atoms with E-state index in [4.69, 9.17) is 0 Å². The first-order chi connectivity index (χ1) is 14.0. The van der Waals surface area contributed by atoms with Crippen molar-refractivity contribution in [1.29, 1.82) is 0 Å². The van der Waals surface area contributed by atoms with Crippen LogP contribution in [0.2, 0.25) is 0 Å². The molecule has 6 heteroatoms. The van der Waals surface area contributed by atoms with Crippen LogP contribution in [0.5, 0.6) is 0 Å². The second-order valence-electron chi connectivity index (χ2n) is 7.56. The maximum absolute atomic E-state index is 14.4. The molecule has 0 radical (unpaired) electrons. The van der Waals surface area contributed by atoms with Crippen molar-refractivity contribution in [3.63, 3.8) is 0 Å². The number of fused-ring (bicyclic) bond motifs is 2. The fraction of sp³-hybridized carbons (Fsp3) is 0.174. The Kier molecular flexibility index (Phi) is 3.77. The molecule has 0 spiro atoms. The third-order valence-electron chi connectivity index (χ3n) is 5.72. The van der Waals surface area contributed by atoms with E-state index in [1.54, 1.807) is 42.5 Å². The maximum atomic E-state index is 14.4. The molecule has 0 N–H and O–H groups in total. The number of likely N-dealkylation sites (N-methyl/N-ethyl adjacent to an activating group) is 1. The van der Waals surface area contributed by atoms with Crippen molar-refractivity contribution in [3.05, 3.63) is 78.4 Å². The molecule has 0 bridgehead atoms. The molecule has 1 aliphatic heterocycles. The van der Waals surface area contributed by atoms with Gasteiger partial charge in [0.2, 0.25) is 5.95 Å². The Labute approximate surface area is 167 Å². The summed E-state index contributed by atoms with van der Waals surface area (Å²) in [6.07, 6.45) is 3.77. The number of carbonyl (C=O) groups is 1. The molecule has 144 valence electrons. The van der Waals surface area contributed by atoms with E-state index < -0.39 is 5.54 Å². The van der Waals surface area contributed by atoms with Gasteiger partial charge in [0.25, 0.3) is 5.91 Å². The van der Waals surface area contributed by atoms with Gasteiger partial charge in [0.05, 0.1) is 17.4 Å². The van der Waals surface area contributed by atoms with E-state index >= 15 is 0 Å². The van der Waals surface area contributed by atoms with Gasteiger partial charge < -0.3 is 0 Å². The van der Waals surface area contributed by atoms with Crippen LogP contribution in [0.3, 0.4) is 0 Å². The zero-order valence-electron chi connectivity index (χ0n) is 16.1. The number of aromatic nitrogens is 3. The van der Waals surface area contributed by atoms with Crippen molar-refractivity contribution >= 4 is 22.8 Å². The first kappa shape index (κ1) is 17.6. The molecule has 1 aliphatic rings. The minimum Gasteiger partial charge on any atom is -0.294 e. The number of nitrogens with zero attached hydrogens (tertiary/aromatic N) is 4. The standard InChI is InChI=1S/C23H19FN4O/c1-23(13-15-7-3-4-10-18(15)24)21(29)27(2)22-26-14-20(28(22)23)17-8-5-11-19-16(17)9-6-12-25-19/h3-12,14H,13H2,1-2H3. The Morgan fingerprint density at radius 2 is 1.86 bits per heavy atom. The number of amides is 1. The molecule has 5 nitrogen and oxygen atoms in total. The van der Waals surface area contributed by atoms with E-state index in [0.29, 0.717) is 11.5 Å². The van der Waals surface area contributed by atoms with Gasteiger partial charge in [-0.05, 0) is 30.7 Å². The highest BCUT2D eigenvalue weighted by atomic mass is 19.1. The normalized spacial score (nSPS) is 18.4. The van der Waals surface area contributed by atoms with E-state index in [0.717, 1.165) is 22.2 Å². The fourth-order valence-electron chi connectivity index (χ4n) is 4.30. The lowest BCUT2D eigenvalue weighted by atomic mass is 9.91. The lowest BCUT2D eigenvalue weighted by Gasteiger charge is -2.26. The second-order valence-corrected chi connectivity index (χ2v) is 7.56.